The van der Waals surface area contributed by atoms with E-state index in [1.165, 1.54) is 0 Å². The Balaban J connectivity index is 2.07. The van der Waals surface area contributed by atoms with E-state index < -0.39 is 11.9 Å². The van der Waals surface area contributed by atoms with E-state index >= 15 is 0 Å². The van der Waals surface area contributed by atoms with Crippen LogP contribution in [0.2, 0.25) is 0 Å². The van der Waals surface area contributed by atoms with Gasteiger partial charge in [0.2, 0.25) is 5.91 Å². The molecule has 0 saturated carbocycles. The lowest BCUT2D eigenvalue weighted by molar-refractivity contribution is -0.142. The summed E-state index contributed by atoms with van der Waals surface area (Å²) < 4.78 is 0. The molecule has 18 heavy (non-hydrogen) atoms. The van der Waals surface area contributed by atoms with Gasteiger partial charge in [0.1, 0.15) is 0 Å². The average molecular weight is 248 g/mol. The van der Waals surface area contributed by atoms with Gasteiger partial charge >= 0.3 is 5.97 Å². The van der Waals surface area contributed by atoms with E-state index in [-0.39, 0.29) is 5.92 Å². The van der Waals surface area contributed by atoms with E-state index in [1.807, 2.05) is 6.07 Å². The Morgan fingerprint density at radius 2 is 1.94 bits per heavy atom. The Bertz CT molecular complexity index is 465. The van der Waals surface area contributed by atoms with Gasteiger partial charge in [0.15, 0.2) is 0 Å². The van der Waals surface area contributed by atoms with Gasteiger partial charge in [0.05, 0.1) is 5.92 Å². The number of carbonyl (C=O) groups excluding carboxylic acids is 1. The highest BCUT2D eigenvalue weighted by Crippen LogP contribution is 2.24. The second-order valence-electron chi connectivity index (χ2n) is 4.51. The number of carboxylic acid groups (broad SMARTS) is 1. The quantitative estimate of drug-likeness (QED) is 0.838. The van der Waals surface area contributed by atoms with Crippen LogP contribution in [-0.4, -0.2) is 30.1 Å². The topological polar surface area (TPSA) is 83.6 Å². The van der Waals surface area contributed by atoms with Crippen LogP contribution < -0.4 is 10.6 Å². The lowest BCUT2D eigenvalue weighted by Gasteiger charge is -2.32. The van der Waals surface area contributed by atoms with E-state index in [9.17, 15) is 9.59 Å². The van der Waals surface area contributed by atoms with Gasteiger partial charge in [-0.25, -0.2) is 0 Å². The average Bonchev–Trinajstić information content (AvgIpc) is 2.39. The molecule has 1 amide bonds. The van der Waals surface area contributed by atoms with E-state index in [4.69, 9.17) is 10.8 Å². The van der Waals surface area contributed by atoms with Crippen molar-refractivity contribution in [3.63, 3.8) is 0 Å². The number of anilines is 1. The monoisotopic (exact) mass is 248 g/mol. The lowest BCUT2D eigenvalue weighted by Crippen LogP contribution is -2.36. The molecular formula is C13H16N2O3. The maximum absolute atomic E-state index is 11.1. The zero-order valence-electron chi connectivity index (χ0n) is 10.0. The van der Waals surface area contributed by atoms with Crippen molar-refractivity contribution in [1.29, 1.82) is 0 Å². The largest absolute Gasteiger partial charge is 0.481 e. The first-order valence-electron chi connectivity index (χ1n) is 5.95. The highest BCUT2D eigenvalue weighted by Gasteiger charge is 2.24. The van der Waals surface area contributed by atoms with Gasteiger partial charge < -0.3 is 15.7 Å². The second kappa shape index (κ2) is 5.08. The number of hydrogen-bond acceptors (Lipinski definition) is 3. The smallest absolute Gasteiger partial charge is 0.306 e. The first-order chi connectivity index (χ1) is 8.58. The summed E-state index contributed by atoms with van der Waals surface area (Å²) in [6, 6.07) is 7.13. The fraction of sp³-hybridized carbons (Fsp3) is 0.385. The van der Waals surface area contributed by atoms with Crippen molar-refractivity contribution in [2.24, 2.45) is 11.7 Å². The summed E-state index contributed by atoms with van der Waals surface area (Å²) in [7, 11) is 0. The number of carbonyl (C=O) groups is 2. The Hall–Kier alpha value is -2.04. The van der Waals surface area contributed by atoms with E-state index in [2.05, 4.69) is 4.90 Å². The van der Waals surface area contributed by atoms with Crippen LogP contribution in [0.15, 0.2) is 24.3 Å². The van der Waals surface area contributed by atoms with Gasteiger partial charge in [-0.2, -0.15) is 0 Å². The molecule has 0 unspecified atom stereocenters. The molecule has 1 heterocycles. The van der Waals surface area contributed by atoms with Crippen molar-refractivity contribution >= 4 is 17.6 Å². The minimum absolute atomic E-state index is 0.249. The Morgan fingerprint density at radius 3 is 2.50 bits per heavy atom. The maximum Gasteiger partial charge on any atom is 0.306 e. The third-order valence-corrected chi connectivity index (χ3v) is 3.34. The number of aliphatic carboxylic acids is 1. The summed E-state index contributed by atoms with van der Waals surface area (Å²) >= 11 is 0. The number of nitrogens with zero attached hydrogens (tertiary/aromatic N) is 1. The van der Waals surface area contributed by atoms with Gasteiger partial charge in [0.25, 0.3) is 0 Å². The molecule has 1 aromatic carbocycles. The number of nitrogens with two attached hydrogens (primary N) is 1. The highest BCUT2D eigenvalue weighted by atomic mass is 16.4. The van der Waals surface area contributed by atoms with Crippen LogP contribution in [0.4, 0.5) is 5.69 Å². The second-order valence-corrected chi connectivity index (χ2v) is 4.51. The number of primary amides is 1. The first kappa shape index (κ1) is 12.4. The highest BCUT2D eigenvalue weighted by molar-refractivity contribution is 5.93. The molecular weight excluding hydrogens is 232 g/mol. The molecule has 1 fully saturated rings. The fourth-order valence-corrected chi connectivity index (χ4v) is 2.24. The summed E-state index contributed by atoms with van der Waals surface area (Å²) in [6.45, 7) is 1.39. The maximum atomic E-state index is 11.1. The van der Waals surface area contributed by atoms with Crippen molar-refractivity contribution in [2.45, 2.75) is 12.8 Å². The zero-order valence-corrected chi connectivity index (χ0v) is 10.0. The predicted molar refractivity (Wildman–Crippen MR) is 67.5 cm³/mol. The van der Waals surface area contributed by atoms with E-state index in [0.29, 0.717) is 31.5 Å². The molecule has 3 N–H and O–H groups in total. The molecule has 0 radical (unpaired) electrons. The van der Waals surface area contributed by atoms with Crippen molar-refractivity contribution in [3.05, 3.63) is 29.8 Å². The van der Waals surface area contributed by atoms with Crippen LogP contribution in [0.5, 0.6) is 0 Å². The Morgan fingerprint density at radius 1 is 1.28 bits per heavy atom. The molecule has 96 valence electrons. The SMILES string of the molecule is NC(=O)c1cccc(N2CCC(C(=O)O)CC2)c1. The first-order valence-corrected chi connectivity index (χ1v) is 5.95. The standard InChI is InChI=1S/C13H16N2O3/c14-12(16)10-2-1-3-11(8-10)15-6-4-9(5-7-15)13(17)18/h1-3,8-9H,4-7H2,(H2,14,16)(H,17,18). The van der Waals surface area contributed by atoms with Crippen LogP contribution in [0.1, 0.15) is 23.2 Å². The summed E-state index contributed by atoms with van der Waals surface area (Å²) in [6.07, 6.45) is 1.27. The van der Waals surface area contributed by atoms with Crippen LogP contribution in [0.3, 0.4) is 0 Å². The molecule has 5 nitrogen and oxygen atoms in total. The van der Waals surface area contributed by atoms with Crippen LogP contribution >= 0.6 is 0 Å². The van der Waals surface area contributed by atoms with Gasteiger partial charge in [-0.1, -0.05) is 6.07 Å². The number of benzene rings is 1. The predicted octanol–water partition coefficient (Wildman–Crippen LogP) is 1.09. The minimum Gasteiger partial charge on any atom is -0.481 e. The van der Waals surface area contributed by atoms with Gasteiger partial charge in [0, 0.05) is 24.3 Å². The van der Waals surface area contributed by atoms with Crippen LogP contribution in [-0.2, 0) is 4.79 Å². The van der Waals surface area contributed by atoms with E-state index in [0.717, 1.165) is 5.69 Å². The number of hydrogen-bond donors (Lipinski definition) is 2. The molecule has 2 rings (SSSR count). The summed E-state index contributed by atoms with van der Waals surface area (Å²) in [5, 5.41) is 8.93. The van der Waals surface area contributed by atoms with E-state index in [1.54, 1.807) is 18.2 Å². The molecule has 1 aliphatic rings. The number of carboxylic acids is 1. The Kier molecular flexibility index (Phi) is 3.50. The summed E-state index contributed by atoms with van der Waals surface area (Å²) in [5.74, 6) is -1.42. The molecule has 1 aromatic rings. The van der Waals surface area contributed by atoms with Crippen molar-refractivity contribution in [1.82, 2.24) is 0 Å². The van der Waals surface area contributed by atoms with Crippen molar-refractivity contribution < 1.29 is 14.7 Å². The normalized spacial score (nSPS) is 16.6. The third kappa shape index (κ3) is 2.61. The van der Waals surface area contributed by atoms with Gasteiger partial charge in [-0.05, 0) is 31.0 Å². The molecule has 5 heteroatoms. The minimum atomic E-state index is -0.722. The summed E-state index contributed by atoms with van der Waals surface area (Å²) in [4.78, 5) is 24.1. The van der Waals surface area contributed by atoms with Crippen LogP contribution in [0, 0.1) is 5.92 Å². The number of piperidine rings is 1. The third-order valence-electron chi connectivity index (χ3n) is 3.34. The Labute approximate surface area is 105 Å². The lowest BCUT2D eigenvalue weighted by atomic mass is 9.96. The molecule has 1 saturated heterocycles. The number of rotatable bonds is 3. The molecule has 0 atom stereocenters. The van der Waals surface area contributed by atoms with Gasteiger partial charge in [-0.3, -0.25) is 9.59 Å². The molecule has 0 aliphatic carbocycles. The van der Waals surface area contributed by atoms with Crippen molar-refractivity contribution in [2.75, 3.05) is 18.0 Å². The van der Waals surface area contributed by atoms with Gasteiger partial charge in [-0.15, -0.1) is 0 Å². The molecule has 0 aromatic heterocycles. The fourth-order valence-electron chi connectivity index (χ4n) is 2.24. The summed E-state index contributed by atoms with van der Waals surface area (Å²) in [5.41, 5.74) is 6.64. The molecule has 1 aliphatic heterocycles. The zero-order chi connectivity index (χ0) is 13.1. The molecule has 0 spiro atoms. The van der Waals surface area contributed by atoms with Crippen molar-refractivity contribution in [3.8, 4) is 0 Å². The number of amides is 1. The van der Waals surface area contributed by atoms with Crippen LogP contribution in [0.25, 0.3) is 0 Å². The molecule has 0 bridgehead atoms.